The highest BCUT2D eigenvalue weighted by molar-refractivity contribution is 5.00. The molecule has 2 saturated carbocycles. The lowest BCUT2D eigenvalue weighted by atomic mass is 9.72. The lowest BCUT2D eigenvalue weighted by molar-refractivity contribution is 0.177. The molecule has 0 amide bonds. The van der Waals surface area contributed by atoms with E-state index in [1.165, 1.54) is 57.8 Å². The maximum atomic E-state index is 6.03. The molecule has 4 heteroatoms. The summed E-state index contributed by atoms with van der Waals surface area (Å²) < 4.78 is 5.49. The van der Waals surface area contributed by atoms with Gasteiger partial charge in [0, 0.05) is 12.3 Å². The largest absolute Gasteiger partial charge is 0.339 e. The van der Waals surface area contributed by atoms with Crippen LogP contribution >= 0.6 is 0 Å². The fourth-order valence-corrected chi connectivity index (χ4v) is 3.77. The molecule has 2 aliphatic carbocycles. The van der Waals surface area contributed by atoms with E-state index < -0.39 is 0 Å². The SMILES string of the molecule is NCC1(Cc2nc(C3CCCC3)no2)CCCCC1. The Kier molecular flexibility index (Phi) is 3.87. The monoisotopic (exact) mass is 263 g/mol. The molecule has 0 aliphatic heterocycles. The summed E-state index contributed by atoms with van der Waals surface area (Å²) in [5.41, 5.74) is 6.25. The fourth-order valence-electron chi connectivity index (χ4n) is 3.77. The van der Waals surface area contributed by atoms with E-state index in [1.54, 1.807) is 0 Å². The molecule has 4 nitrogen and oxygen atoms in total. The summed E-state index contributed by atoms with van der Waals surface area (Å²) in [7, 11) is 0. The second-order valence-electron chi connectivity index (χ2n) is 6.47. The second-order valence-corrected chi connectivity index (χ2v) is 6.47. The molecule has 19 heavy (non-hydrogen) atoms. The molecule has 1 heterocycles. The minimum atomic E-state index is 0.220. The van der Waals surface area contributed by atoms with E-state index in [2.05, 4.69) is 10.1 Å². The maximum Gasteiger partial charge on any atom is 0.227 e. The maximum absolute atomic E-state index is 6.03. The zero-order chi connectivity index (χ0) is 13.1. The van der Waals surface area contributed by atoms with Crippen molar-refractivity contribution in [2.45, 2.75) is 70.1 Å². The smallest absolute Gasteiger partial charge is 0.227 e. The van der Waals surface area contributed by atoms with Gasteiger partial charge in [-0.05, 0) is 37.6 Å². The molecule has 106 valence electrons. The van der Waals surface area contributed by atoms with Gasteiger partial charge in [0.05, 0.1) is 0 Å². The Morgan fingerprint density at radius 2 is 1.84 bits per heavy atom. The highest BCUT2D eigenvalue weighted by Gasteiger charge is 2.33. The van der Waals surface area contributed by atoms with Gasteiger partial charge in [-0.1, -0.05) is 37.3 Å². The van der Waals surface area contributed by atoms with Crippen molar-refractivity contribution in [3.05, 3.63) is 11.7 Å². The molecule has 0 aromatic carbocycles. The molecule has 2 fully saturated rings. The molecular weight excluding hydrogens is 238 g/mol. The number of rotatable bonds is 4. The molecule has 0 bridgehead atoms. The topological polar surface area (TPSA) is 64.9 Å². The molecule has 2 aliphatic rings. The molecule has 3 rings (SSSR count). The summed E-state index contributed by atoms with van der Waals surface area (Å²) in [6.45, 7) is 0.744. The zero-order valence-electron chi connectivity index (χ0n) is 11.7. The molecule has 2 N–H and O–H groups in total. The first-order chi connectivity index (χ1) is 9.31. The molecule has 0 saturated heterocycles. The van der Waals surface area contributed by atoms with Crippen molar-refractivity contribution in [2.24, 2.45) is 11.1 Å². The molecule has 0 spiro atoms. The van der Waals surface area contributed by atoms with Crippen LogP contribution < -0.4 is 5.73 Å². The van der Waals surface area contributed by atoms with E-state index in [0.717, 1.165) is 24.7 Å². The van der Waals surface area contributed by atoms with Crippen LogP contribution in [0.1, 0.15) is 75.4 Å². The quantitative estimate of drug-likeness (QED) is 0.906. The van der Waals surface area contributed by atoms with Crippen LogP contribution in [0.15, 0.2) is 4.52 Å². The predicted octanol–water partition coefficient (Wildman–Crippen LogP) is 3.18. The molecule has 0 atom stereocenters. The van der Waals surface area contributed by atoms with Crippen LogP contribution in [0.2, 0.25) is 0 Å². The Morgan fingerprint density at radius 1 is 1.11 bits per heavy atom. The number of nitrogens with zero attached hydrogens (tertiary/aromatic N) is 2. The van der Waals surface area contributed by atoms with Crippen molar-refractivity contribution in [1.82, 2.24) is 10.1 Å². The summed E-state index contributed by atoms with van der Waals surface area (Å²) in [5.74, 6) is 2.29. The fraction of sp³-hybridized carbons (Fsp3) is 0.867. The minimum absolute atomic E-state index is 0.220. The first-order valence-corrected chi connectivity index (χ1v) is 7.84. The third-order valence-electron chi connectivity index (χ3n) is 5.08. The van der Waals surface area contributed by atoms with Crippen molar-refractivity contribution in [3.63, 3.8) is 0 Å². The Balaban J connectivity index is 1.68. The predicted molar refractivity (Wildman–Crippen MR) is 73.8 cm³/mol. The van der Waals surface area contributed by atoms with E-state index in [0.29, 0.717) is 5.92 Å². The summed E-state index contributed by atoms with van der Waals surface area (Å²) in [5, 5.41) is 4.20. The van der Waals surface area contributed by atoms with Gasteiger partial charge >= 0.3 is 0 Å². The highest BCUT2D eigenvalue weighted by atomic mass is 16.5. The van der Waals surface area contributed by atoms with Gasteiger partial charge in [0.2, 0.25) is 5.89 Å². The summed E-state index contributed by atoms with van der Waals surface area (Å²) in [6.07, 6.45) is 12.3. The van der Waals surface area contributed by atoms with Gasteiger partial charge < -0.3 is 10.3 Å². The average molecular weight is 263 g/mol. The molecule has 1 aromatic rings. The normalized spacial score (nSPS) is 23.8. The first-order valence-electron chi connectivity index (χ1n) is 7.84. The van der Waals surface area contributed by atoms with E-state index in [9.17, 15) is 0 Å². The van der Waals surface area contributed by atoms with Gasteiger partial charge in [0.1, 0.15) is 0 Å². The first kappa shape index (κ1) is 13.1. The Hall–Kier alpha value is -0.900. The minimum Gasteiger partial charge on any atom is -0.339 e. The van der Waals surface area contributed by atoms with E-state index in [-0.39, 0.29) is 5.41 Å². The lowest BCUT2D eigenvalue weighted by Gasteiger charge is -2.34. The van der Waals surface area contributed by atoms with Gasteiger partial charge in [-0.15, -0.1) is 0 Å². The number of aromatic nitrogens is 2. The van der Waals surface area contributed by atoms with E-state index in [1.807, 2.05) is 0 Å². The summed E-state index contributed by atoms with van der Waals surface area (Å²) >= 11 is 0. The van der Waals surface area contributed by atoms with Gasteiger partial charge in [-0.2, -0.15) is 4.98 Å². The van der Waals surface area contributed by atoms with Crippen molar-refractivity contribution in [1.29, 1.82) is 0 Å². The number of nitrogens with two attached hydrogens (primary N) is 1. The standard InChI is InChI=1S/C15H25N3O/c16-11-15(8-4-1-5-9-15)10-13-17-14(18-19-13)12-6-2-3-7-12/h12H,1-11,16H2. The van der Waals surface area contributed by atoms with Crippen LogP contribution in [0.4, 0.5) is 0 Å². The zero-order valence-corrected chi connectivity index (χ0v) is 11.7. The van der Waals surface area contributed by atoms with Gasteiger partial charge in [-0.3, -0.25) is 0 Å². The van der Waals surface area contributed by atoms with Crippen LogP contribution in [-0.4, -0.2) is 16.7 Å². The van der Waals surface area contributed by atoms with Crippen molar-refractivity contribution in [2.75, 3.05) is 6.54 Å². The third-order valence-corrected chi connectivity index (χ3v) is 5.08. The Bertz CT molecular complexity index is 403. The Labute approximate surface area is 115 Å². The van der Waals surface area contributed by atoms with E-state index in [4.69, 9.17) is 10.3 Å². The second kappa shape index (κ2) is 5.61. The molecular formula is C15H25N3O. The molecule has 0 radical (unpaired) electrons. The van der Waals surface area contributed by atoms with Gasteiger partial charge in [0.25, 0.3) is 0 Å². The van der Waals surface area contributed by atoms with E-state index >= 15 is 0 Å². The third kappa shape index (κ3) is 2.83. The summed E-state index contributed by atoms with van der Waals surface area (Å²) in [4.78, 5) is 4.65. The average Bonchev–Trinajstić information content (AvgIpc) is 3.10. The lowest BCUT2D eigenvalue weighted by Crippen LogP contribution is -2.35. The van der Waals surface area contributed by atoms with Crippen molar-refractivity contribution < 1.29 is 4.52 Å². The summed E-state index contributed by atoms with van der Waals surface area (Å²) in [6, 6.07) is 0. The molecule has 1 aromatic heterocycles. The Morgan fingerprint density at radius 3 is 2.53 bits per heavy atom. The van der Waals surface area contributed by atoms with Crippen LogP contribution in [0.3, 0.4) is 0 Å². The molecule has 0 unspecified atom stereocenters. The van der Waals surface area contributed by atoms with Gasteiger partial charge in [-0.25, -0.2) is 0 Å². The van der Waals surface area contributed by atoms with Crippen molar-refractivity contribution in [3.8, 4) is 0 Å². The van der Waals surface area contributed by atoms with Crippen LogP contribution in [0, 0.1) is 5.41 Å². The van der Waals surface area contributed by atoms with Gasteiger partial charge in [0.15, 0.2) is 5.82 Å². The van der Waals surface area contributed by atoms with Crippen LogP contribution in [-0.2, 0) is 6.42 Å². The number of hydrogen-bond donors (Lipinski definition) is 1. The van der Waals surface area contributed by atoms with Crippen LogP contribution in [0.5, 0.6) is 0 Å². The van der Waals surface area contributed by atoms with Crippen LogP contribution in [0.25, 0.3) is 0 Å². The van der Waals surface area contributed by atoms with Crippen molar-refractivity contribution >= 4 is 0 Å². The number of hydrogen-bond acceptors (Lipinski definition) is 4. The highest BCUT2D eigenvalue weighted by Crippen LogP contribution is 2.38.